The highest BCUT2D eigenvalue weighted by Gasteiger charge is 2.51. The van der Waals surface area contributed by atoms with E-state index in [0.29, 0.717) is 38.8 Å². The summed E-state index contributed by atoms with van der Waals surface area (Å²) < 4.78 is 71.2. The van der Waals surface area contributed by atoms with Crippen molar-refractivity contribution >= 4 is 5.97 Å². The zero-order valence-electron chi connectivity index (χ0n) is 11.4. The fourth-order valence-corrected chi connectivity index (χ4v) is 1.87. The van der Waals surface area contributed by atoms with E-state index >= 15 is 0 Å². The molecule has 0 radical (unpaired) electrons. The summed E-state index contributed by atoms with van der Waals surface area (Å²) in [7, 11) is 0. The molecule has 0 heterocycles. The largest absolute Gasteiger partial charge is 0.426 e. The molecule has 2 rings (SSSR count). The number of ether oxygens (including phenoxy) is 1. The van der Waals surface area contributed by atoms with Gasteiger partial charge in [0.25, 0.3) is 0 Å². The minimum absolute atomic E-state index is 0.289. The number of hydrogen-bond donors (Lipinski definition) is 0. The van der Waals surface area contributed by atoms with Gasteiger partial charge in [-0.1, -0.05) is 0 Å². The lowest BCUT2D eigenvalue weighted by Gasteiger charge is -2.29. The summed E-state index contributed by atoms with van der Waals surface area (Å²) in [6, 6.07) is 1.21. The van der Waals surface area contributed by atoms with Gasteiger partial charge < -0.3 is 4.74 Å². The Labute approximate surface area is 117 Å². The molecular weight excluding hydrogens is 295 g/mol. The first-order valence-corrected chi connectivity index (χ1v) is 6.32. The van der Waals surface area contributed by atoms with Crippen molar-refractivity contribution in [2.75, 3.05) is 0 Å². The zero-order valence-corrected chi connectivity index (χ0v) is 11.4. The Morgan fingerprint density at radius 1 is 1.14 bits per heavy atom. The lowest BCUT2D eigenvalue weighted by molar-refractivity contribution is -0.181. The van der Waals surface area contributed by atoms with Crippen LogP contribution in [-0.2, 0) is 10.2 Å². The molecule has 1 aliphatic rings. The fourth-order valence-electron chi connectivity index (χ4n) is 1.87. The van der Waals surface area contributed by atoms with Crippen LogP contribution in [0.4, 0.5) is 22.0 Å². The Morgan fingerprint density at radius 3 is 2.00 bits per heavy atom. The summed E-state index contributed by atoms with van der Waals surface area (Å²) in [5, 5.41) is 0. The van der Waals surface area contributed by atoms with Crippen molar-refractivity contribution in [3.05, 3.63) is 29.3 Å². The van der Waals surface area contributed by atoms with Gasteiger partial charge in [0.05, 0.1) is 11.3 Å². The molecule has 7 heteroatoms. The summed E-state index contributed by atoms with van der Waals surface area (Å²) in [5.74, 6) is -4.13. The van der Waals surface area contributed by atoms with Crippen LogP contribution in [0.3, 0.4) is 0 Å². The average Bonchev–Trinajstić information content (AvgIpc) is 3.08. The van der Waals surface area contributed by atoms with Crippen LogP contribution in [0.15, 0.2) is 12.1 Å². The Hall–Kier alpha value is -1.66. The van der Waals surface area contributed by atoms with Crippen molar-refractivity contribution in [1.29, 1.82) is 0 Å². The number of hydrogen-bond acceptors (Lipinski definition) is 2. The van der Waals surface area contributed by atoms with Gasteiger partial charge in [-0.3, -0.25) is 4.79 Å². The summed E-state index contributed by atoms with van der Waals surface area (Å²) in [5.41, 5.74) is -3.79. The van der Waals surface area contributed by atoms with E-state index in [0.717, 1.165) is 0 Å². The van der Waals surface area contributed by atoms with Gasteiger partial charge in [0.2, 0.25) is 0 Å². The SMILES string of the molecule is CC(C)(c1c(F)cc(OC(=O)C2CC2)cc1F)C(F)(F)F. The molecule has 1 saturated carbocycles. The maximum absolute atomic E-state index is 13.9. The third-order valence-corrected chi connectivity index (χ3v) is 3.48. The standard InChI is InChI=1S/C14H13F5O2/c1-13(2,14(17,18)19)11-9(15)5-8(6-10(11)16)21-12(20)7-3-4-7/h5-7H,3-4H2,1-2H3. The summed E-state index contributed by atoms with van der Waals surface area (Å²) >= 11 is 0. The molecule has 1 fully saturated rings. The minimum Gasteiger partial charge on any atom is -0.426 e. The maximum atomic E-state index is 13.9. The zero-order chi connectivity index (χ0) is 16.0. The first-order valence-electron chi connectivity index (χ1n) is 6.32. The third kappa shape index (κ3) is 3.01. The Balaban J connectivity index is 2.35. The fraction of sp³-hybridized carbons (Fsp3) is 0.500. The van der Waals surface area contributed by atoms with Gasteiger partial charge in [-0.05, 0) is 26.7 Å². The second-order valence-electron chi connectivity index (χ2n) is 5.58. The molecule has 116 valence electrons. The van der Waals surface area contributed by atoms with Crippen LogP contribution < -0.4 is 4.74 Å². The van der Waals surface area contributed by atoms with Gasteiger partial charge >= 0.3 is 12.1 Å². The molecule has 0 amide bonds. The lowest BCUT2D eigenvalue weighted by Crippen LogP contribution is -2.38. The van der Waals surface area contributed by atoms with Crippen LogP contribution in [0, 0.1) is 17.6 Å². The molecule has 0 saturated heterocycles. The van der Waals surface area contributed by atoms with Crippen molar-refractivity contribution in [2.24, 2.45) is 5.92 Å². The highest BCUT2D eigenvalue weighted by Crippen LogP contribution is 2.43. The van der Waals surface area contributed by atoms with Crippen molar-refractivity contribution in [3.8, 4) is 5.75 Å². The molecule has 1 aliphatic carbocycles. The Morgan fingerprint density at radius 2 is 1.62 bits per heavy atom. The molecule has 0 aliphatic heterocycles. The number of carbonyl (C=O) groups excluding carboxylic acids is 1. The Bertz CT molecular complexity index is 550. The monoisotopic (exact) mass is 308 g/mol. The molecule has 0 spiro atoms. The van der Waals surface area contributed by atoms with Gasteiger partial charge in [0.1, 0.15) is 17.4 Å². The highest BCUT2D eigenvalue weighted by atomic mass is 19.4. The van der Waals surface area contributed by atoms with Gasteiger partial charge in [-0.25, -0.2) is 8.78 Å². The molecule has 1 aromatic rings. The molecule has 0 N–H and O–H groups in total. The highest BCUT2D eigenvalue weighted by molar-refractivity contribution is 5.77. The van der Waals surface area contributed by atoms with Crippen LogP contribution in [0.5, 0.6) is 5.75 Å². The van der Waals surface area contributed by atoms with Crippen molar-refractivity contribution in [2.45, 2.75) is 38.3 Å². The first-order chi connectivity index (χ1) is 9.54. The number of rotatable bonds is 3. The quantitative estimate of drug-likeness (QED) is 0.477. The molecule has 0 atom stereocenters. The first kappa shape index (κ1) is 15.7. The Kier molecular flexibility index (Phi) is 3.71. The van der Waals surface area contributed by atoms with E-state index in [2.05, 4.69) is 0 Å². The topological polar surface area (TPSA) is 26.3 Å². The third-order valence-electron chi connectivity index (χ3n) is 3.48. The van der Waals surface area contributed by atoms with Crippen LogP contribution >= 0.6 is 0 Å². The van der Waals surface area contributed by atoms with Gasteiger partial charge in [0, 0.05) is 17.7 Å². The van der Waals surface area contributed by atoms with Gasteiger partial charge in [0.15, 0.2) is 0 Å². The molecule has 1 aromatic carbocycles. The summed E-state index contributed by atoms with van der Waals surface area (Å²) in [4.78, 5) is 11.4. The number of carbonyl (C=O) groups is 1. The number of benzene rings is 1. The van der Waals surface area contributed by atoms with E-state index in [1.165, 1.54) is 0 Å². The average molecular weight is 308 g/mol. The molecule has 0 bridgehead atoms. The van der Waals surface area contributed by atoms with E-state index in [1.54, 1.807) is 0 Å². The van der Waals surface area contributed by atoms with Gasteiger partial charge in [-0.15, -0.1) is 0 Å². The van der Waals surface area contributed by atoms with Crippen LogP contribution in [0.1, 0.15) is 32.3 Å². The molecular formula is C14H13F5O2. The smallest absolute Gasteiger partial charge is 0.398 e. The van der Waals surface area contributed by atoms with Crippen LogP contribution in [-0.4, -0.2) is 12.1 Å². The predicted octanol–water partition coefficient (Wildman–Crippen LogP) is 4.12. The minimum atomic E-state index is -4.82. The second kappa shape index (κ2) is 4.96. The van der Waals surface area contributed by atoms with Gasteiger partial charge in [-0.2, -0.15) is 13.2 Å². The molecule has 21 heavy (non-hydrogen) atoms. The van der Waals surface area contributed by atoms with E-state index < -0.39 is 40.5 Å². The van der Waals surface area contributed by atoms with E-state index in [-0.39, 0.29) is 5.92 Å². The summed E-state index contributed by atoms with van der Waals surface area (Å²) in [6.07, 6.45) is -3.53. The predicted molar refractivity (Wildman–Crippen MR) is 63.8 cm³/mol. The summed E-state index contributed by atoms with van der Waals surface area (Å²) in [6.45, 7) is 1.37. The van der Waals surface area contributed by atoms with Crippen LogP contribution in [0.25, 0.3) is 0 Å². The molecule has 0 aromatic heterocycles. The number of halogens is 5. The van der Waals surface area contributed by atoms with Crippen LogP contribution in [0.2, 0.25) is 0 Å². The second-order valence-corrected chi connectivity index (χ2v) is 5.58. The van der Waals surface area contributed by atoms with E-state index in [9.17, 15) is 26.7 Å². The normalized spacial score (nSPS) is 16.0. The van der Waals surface area contributed by atoms with E-state index in [4.69, 9.17) is 4.74 Å². The lowest BCUT2D eigenvalue weighted by atomic mass is 9.83. The number of alkyl halides is 3. The molecule has 0 unspecified atom stereocenters. The maximum Gasteiger partial charge on any atom is 0.398 e. The van der Waals surface area contributed by atoms with Crippen molar-refractivity contribution < 1.29 is 31.5 Å². The molecule has 2 nitrogen and oxygen atoms in total. The van der Waals surface area contributed by atoms with Crippen molar-refractivity contribution in [3.63, 3.8) is 0 Å². The number of esters is 1. The van der Waals surface area contributed by atoms with Crippen molar-refractivity contribution in [1.82, 2.24) is 0 Å². The van der Waals surface area contributed by atoms with E-state index in [1.807, 2.05) is 0 Å².